The number of aliphatic hydroxyl groups is 2. The lowest BCUT2D eigenvalue weighted by Gasteiger charge is -2.23. The summed E-state index contributed by atoms with van der Waals surface area (Å²) in [6, 6.07) is 3.94. The predicted octanol–water partition coefficient (Wildman–Crippen LogP) is 1.44. The zero-order valence-electron chi connectivity index (χ0n) is 12.7. The molecular weight excluding hydrogens is 260 g/mol. The number of aliphatic hydroxyl groups excluding tert-OH is 2. The van der Waals surface area contributed by atoms with E-state index in [0.29, 0.717) is 0 Å². The fraction of sp³-hybridized carbons (Fsp3) is 0.533. The molecule has 114 valence electrons. The van der Waals surface area contributed by atoms with Crippen molar-refractivity contribution in [2.75, 3.05) is 20.8 Å². The molecule has 20 heavy (non-hydrogen) atoms. The summed E-state index contributed by atoms with van der Waals surface area (Å²) in [6.45, 7) is 5.71. The average Bonchev–Trinajstić information content (AvgIpc) is 2.34. The fourth-order valence-electron chi connectivity index (χ4n) is 2.25. The van der Waals surface area contributed by atoms with Crippen molar-refractivity contribution in [2.45, 2.75) is 33.0 Å². The minimum absolute atomic E-state index is 0.187. The van der Waals surface area contributed by atoms with Crippen LogP contribution in [0, 0.1) is 20.8 Å². The van der Waals surface area contributed by atoms with Crippen LogP contribution in [0.2, 0.25) is 0 Å². The lowest BCUT2D eigenvalue weighted by molar-refractivity contribution is -0.157. The third-order valence-corrected chi connectivity index (χ3v) is 2.84. The van der Waals surface area contributed by atoms with Gasteiger partial charge < -0.3 is 19.7 Å². The van der Waals surface area contributed by atoms with Crippen LogP contribution in [0.4, 0.5) is 0 Å². The number of carbonyl (C=O) groups excluding carboxylic acids is 1. The zero-order chi connectivity index (χ0) is 15.7. The van der Waals surface area contributed by atoms with E-state index in [2.05, 4.69) is 9.47 Å². The Morgan fingerprint density at radius 1 is 1.20 bits per heavy atom. The van der Waals surface area contributed by atoms with Crippen molar-refractivity contribution >= 4 is 6.47 Å². The van der Waals surface area contributed by atoms with Gasteiger partial charge in [0.25, 0.3) is 6.47 Å². The van der Waals surface area contributed by atoms with Gasteiger partial charge in [0.15, 0.2) is 0 Å². The van der Waals surface area contributed by atoms with E-state index in [0.717, 1.165) is 22.3 Å². The summed E-state index contributed by atoms with van der Waals surface area (Å²) < 4.78 is 8.75. The minimum Gasteiger partial charge on any atom is -0.437 e. The molecule has 0 spiro atoms. The first-order valence-electron chi connectivity index (χ1n) is 6.28. The molecule has 5 heteroatoms. The maximum atomic E-state index is 10.2. The Labute approximate surface area is 120 Å². The van der Waals surface area contributed by atoms with Crippen LogP contribution in [0.3, 0.4) is 0 Å². The smallest absolute Gasteiger partial charge is 0.295 e. The van der Waals surface area contributed by atoms with Crippen LogP contribution in [-0.4, -0.2) is 43.8 Å². The second-order valence-corrected chi connectivity index (χ2v) is 4.63. The molecule has 0 saturated carbocycles. The molecule has 1 aromatic carbocycles. The van der Waals surface area contributed by atoms with Gasteiger partial charge in [-0.2, -0.15) is 0 Å². The number of methoxy groups -OCH3 is 1. The van der Waals surface area contributed by atoms with Crippen LogP contribution in [0.5, 0.6) is 0 Å². The van der Waals surface area contributed by atoms with Crippen molar-refractivity contribution in [3.05, 3.63) is 34.4 Å². The topological polar surface area (TPSA) is 76.0 Å². The van der Waals surface area contributed by atoms with Gasteiger partial charge in [-0.15, -0.1) is 0 Å². The van der Waals surface area contributed by atoms with Gasteiger partial charge in [0, 0.05) is 14.2 Å². The second kappa shape index (κ2) is 9.47. The van der Waals surface area contributed by atoms with Crippen molar-refractivity contribution in [1.82, 2.24) is 0 Å². The molecule has 0 radical (unpaired) electrons. The zero-order valence-corrected chi connectivity index (χ0v) is 12.7. The Balaban J connectivity index is 0.00000110. The Kier molecular flexibility index (Phi) is 8.79. The molecule has 0 bridgehead atoms. The maximum absolute atomic E-state index is 10.2. The van der Waals surface area contributed by atoms with Gasteiger partial charge in [0.2, 0.25) is 6.29 Å². The Morgan fingerprint density at radius 2 is 1.65 bits per heavy atom. The SMILES string of the molecule is COC.Cc1cc(C)c(C(CO)C(O)OC=O)c(C)c1. The van der Waals surface area contributed by atoms with Crippen LogP contribution >= 0.6 is 0 Å². The molecule has 0 amide bonds. The van der Waals surface area contributed by atoms with Crippen molar-refractivity contribution in [3.8, 4) is 0 Å². The van der Waals surface area contributed by atoms with E-state index in [-0.39, 0.29) is 13.1 Å². The van der Waals surface area contributed by atoms with Gasteiger partial charge in [-0.3, -0.25) is 4.79 Å². The summed E-state index contributed by atoms with van der Waals surface area (Å²) in [7, 11) is 3.25. The van der Waals surface area contributed by atoms with Crippen LogP contribution in [0.1, 0.15) is 28.2 Å². The summed E-state index contributed by atoms with van der Waals surface area (Å²) in [5, 5.41) is 19.0. The third kappa shape index (κ3) is 5.28. The molecule has 0 aromatic heterocycles. The summed E-state index contributed by atoms with van der Waals surface area (Å²) in [4.78, 5) is 10.2. The minimum atomic E-state index is -1.32. The molecule has 2 N–H and O–H groups in total. The average molecular weight is 284 g/mol. The van der Waals surface area contributed by atoms with Gasteiger partial charge in [-0.05, 0) is 37.5 Å². The first-order valence-corrected chi connectivity index (χ1v) is 6.28. The van der Waals surface area contributed by atoms with Crippen LogP contribution < -0.4 is 0 Å². The second-order valence-electron chi connectivity index (χ2n) is 4.63. The molecule has 0 aliphatic heterocycles. The number of hydrogen-bond acceptors (Lipinski definition) is 5. The summed E-state index contributed by atoms with van der Waals surface area (Å²) in [5.41, 5.74) is 3.88. The highest BCUT2D eigenvalue weighted by atomic mass is 16.6. The fourth-order valence-corrected chi connectivity index (χ4v) is 2.25. The normalized spacial score (nSPS) is 12.9. The molecule has 0 aliphatic carbocycles. The van der Waals surface area contributed by atoms with Gasteiger partial charge in [-0.25, -0.2) is 0 Å². The molecule has 2 atom stereocenters. The third-order valence-electron chi connectivity index (χ3n) is 2.84. The molecule has 0 heterocycles. The van der Waals surface area contributed by atoms with E-state index < -0.39 is 12.2 Å². The molecule has 5 nitrogen and oxygen atoms in total. The molecule has 0 aliphatic rings. The predicted molar refractivity (Wildman–Crippen MR) is 76.6 cm³/mol. The van der Waals surface area contributed by atoms with E-state index in [1.165, 1.54) is 0 Å². The van der Waals surface area contributed by atoms with Gasteiger partial charge in [0.05, 0.1) is 12.5 Å². The van der Waals surface area contributed by atoms with Gasteiger partial charge in [0.1, 0.15) is 0 Å². The quantitative estimate of drug-likeness (QED) is 0.632. The molecule has 0 fully saturated rings. The Hall–Kier alpha value is -1.43. The first-order chi connectivity index (χ1) is 9.42. The van der Waals surface area contributed by atoms with E-state index in [1.54, 1.807) is 14.2 Å². The van der Waals surface area contributed by atoms with Crippen molar-refractivity contribution in [3.63, 3.8) is 0 Å². The molecule has 1 aromatic rings. The van der Waals surface area contributed by atoms with Crippen molar-refractivity contribution in [2.24, 2.45) is 0 Å². The highest BCUT2D eigenvalue weighted by Gasteiger charge is 2.24. The summed E-state index contributed by atoms with van der Waals surface area (Å²) in [6.07, 6.45) is -1.32. The number of rotatable bonds is 5. The van der Waals surface area contributed by atoms with Crippen LogP contribution in [0.15, 0.2) is 12.1 Å². The summed E-state index contributed by atoms with van der Waals surface area (Å²) in [5.74, 6) is -0.610. The van der Waals surface area contributed by atoms with Crippen molar-refractivity contribution in [1.29, 1.82) is 0 Å². The largest absolute Gasteiger partial charge is 0.437 e. The van der Waals surface area contributed by atoms with E-state index in [9.17, 15) is 15.0 Å². The number of ether oxygens (including phenoxy) is 2. The van der Waals surface area contributed by atoms with Gasteiger partial charge in [-0.1, -0.05) is 17.7 Å². The lowest BCUT2D eigenvalue weighted by Crippen LogP contribution is -2.26. The van der Waals surface area contributed by atoms with Crippen LogP contribution in [0.25, 0.3) is 0 Å². The molecule has 0 saturated heterocycles. The molecule has 2 unspecified atom stereocenters. The number of hydrogen-bond donors (Lipinski definition) is 2. The van der Waals surface area contributed by atoms with Crippen molar-refractivity contribution < 1.29 is 24.5 Å². The maximum Gasteiger partial charge on any atom is 0.295 e. The Morgan fingerprint density at radius 3 is 2.00 bits per heavy atom. The standard InChI is InChI=1S/C13H18O4.C2H6O/c1-8-4-9(2)12(10(3)5-8)11(6-14)13(16)17-7-15;1-3-2/h4-5,7,11,13-14,16H,6H2,1-3H3;1-2H3. The lowest BCUT2D eigenvalue weighted by atomic mass is 9.89. The highest BCUT2D eigenvalue weighted by Crippen LogP contribution is 2.27. The van der Waals surface area contributed by atoms with E-state index in [1.807, 2.05) is 32.9 Å². The number of benzene rings is 1. The van der Waals surface area contributed by atoms with Crippen LogP contribution in [-0.2, 0) is 14.3 Å². The number of carbonyl (C=O) groups is 1. The molecular formula is C15H24O5. The number of aryl methyl sites for hydroxylation is 3. The Bertz CT molecular complexity index is 394. The monoisotopic (exact) mass is 284 g/mol. The summed E-state index contributed by atoms with van der Waals surface area (Å²) >= 11 is 0. The highest BCUT2D eigenvalue weighted by molar-refractivity contribution is 5.42. The molecule has 1 rings (SSSR count). The van der Waals surface area contributed by atoms with E-state index >= 15 is 0 Å². The van der Waals surface area contributed by atoms with E-state index in [4.69, 9.17) is 0 Å². The first kappa shape index (κ1) is 18.6. The van der Waals surface area contributed by atoms with Gasteiger partial charge >= 0.3 is 0 Å².